The molecule has 4 rings (SSSR count). The number of halogens is 1. The maximum atomic E-state index is 14.0. The Morgan fingerprint density at radius 1 is 1.27 bits per heavy atom. The molecule has 1 aromatic carbocycles. The highest BCUT2D eigenvalue weighted by Crippen LogP contribution is 2.42. The minimum absolute atomic E-state index is 0.0932. The van der Waals surface area contributed by atoms with Gasteiger partial charge in [0.05, 0.1) is 13.2 Å². The molecule has 1 N–H and O–H groups in total. The maximum Gasteiger partial charge on any atom is 0.194 e. The first-order valence-corrected chi connectivity index (χ1v) is 9.88. The number of aliphatic imine (C=N–C) groups is 1. The summed E-state index contributed by atoms with van der Waals surface area (Å²) in [6, 6.07) is 8.01. The van der Waals surface area contributed by atoms with E-state index < -0.39 is 0 Å². The lowest BCUT2D eigenvalue weighted by Crippen LogP contribution is -2.47. The Bertz CT molecular complexity index is 646. The fraction of sp³-hybridized carbons (Fsp3) is 0.650. The fourth-order valence-electron chi connectivity index (χ4n) is 4.20. The van der Waals surface area contributed by atoms with E-state index in [1.54, 1.807) is 12.1 Å². The molecule has 3 atom stereocenters. The van der Waals surface area contributed by atoms with Gasteiger partial charge >= 0.3 is 0 Å². The number of nitrogens with zero attached hydrogens (tertiary/aromatic N) is 3. The predicted octanol–water partition coefficient (Wildman–Crippen LogP) is 2.05. The Labute approximate surface area is 155 Å². The molecule has 0 amide bonds. The van der Waals surface area contributed by atoms with Crippen molar-refractivity contribution in [2.75, 3.05) is 45.9 Å². The molecule has 2 saturated heterocycles. The van der Waals surface area contributed by atoms with Gasteiger partial charge in [0.15, 0.2) is 5.96 Å². The molecule has 1 aromatic rings. The van der Waals surface area contributed by atoms with Crippen molar-refractivity contribution in [1.82, 2.24) is 15.1 Å². The molecule has 1 saturated carbocycles. The van der Waals surface area contributed by atoms with Crippen LogP contribution < -0.4 is 5.32 Å². The van der Waals surface area contributed by atoms with Crippen LogP contribution in [0, 0.1) is 5.82 Å². The number of guanidine groups is 1. The number of likely N-dealkylation sites (tertiary alicyclic amines) is 1. The van der Waals surface area contributed by atoms with E-state index in [4.69, 9.17) is 9.73 Å². The van der Waals surface area contributed by atoms with E-state index >= 15 is 0 Å². The van der Waals surface area contributed by atoms with Gasteiger partial charge in [0, 0.05) is 50.7 Å². The second-order valence-electron chi connectivity index (χ2n) is 7.45. The quantitative estimate of drug-likeness (QED) is 0.659. The van der Waals surface area contributed by atoms with Crippen LogP contribution in [0.2, 0.25) is 0 Å². The van der Waals surface area contributed by atoms with Crippen LogP contribution in [0.15, 0.2) is 29.3 Å². The normalized spacial score (nSPS) is 29.8. The number of benzene rings is 1. The fourth-order valence-corrected chi connectivity index (χ4v) is 4.20. The first kappa shape index (κ1) is 17.7. The van der Waals surface area contributed by atoms with Gasteiger partial charge in [0.25, 0.3) is 0 Å². The first-order chi connectivity index (χ1) is 12.8. The molecule has 0 aromatic heterocycles. The van der Waals surface area contributed by atoms with E-state index in [0.717, 1.165) is 63.9 Å². The van der Waals surface area contributed by atoms with Crippen molar-refractivity contribution in [3.63, 3.8) is 0 Å². The number of morpholine rings is 1. The average Bonchev–Trinajstić information content (AvgIpc) is 3.25. The zero-order chi connectivity index (χ0) is 17.9. The van der Waals surface area contributed by atoms with Crippen molar-refractivity contribution in [1.29, 1.82) is 0 Å². The van der Waals surface area contributed by atoms with E-state index in [1.807, 2.05) is 12.1 Å². The molecule has 6 heteroatoms. The van der Waals surface area contributed by atoms with Crippen LogP contribution in [0.5, 0.6) is 0 Å². The molecule has 3 unspecified atom stereocenters. The second kappa shape index (κ2) is 7.92. The smallest absolute Gasteiger partial charge is 0.194 e. The largest absolute Gasteiger partial charge is 0.379 e. The van der Waals surface area contributed by atoms with E-state index in [1.165, 1.54) is 6.42 Å². The lowest BCUT2D eigenvalue weighted by Gasteiger charge is -2.32. The van der Waals surface area contributed by atoms with E-state index in [0.29, 0.717) is 12.1 Å². The van der Waals surface area contributed by atoms with Crippen LogP contribution in [-0.4, -0.2) is 73.8 Å². The highest BCUT2D eigenvalue weighted by molar-refractivity contribution is 5.81. The van der Waals surface area contributed by atoms with Crippen LogP contribution in [0.1, 0.15) is 31.2 Å². The van der Waals surface area contributed by atoms with Gasteiger partial charge in [-0.05, 0) is 31.4 Å². The zero-order valence-electron chi connectivity index (χ0n) is 15.5. The average molecular weight is 360 g/mol. The Kier molecular flexibility index (Phi) is 5.41. The summed E-state index contributed by atoms with van der Waals surface area (Å²) in [6.07, 6.45) is 2.15. The topological polar surface area (TPSA) is 40.1 Å². The standard InChI is InChI=1S/C20H29FN4O/c1-2-22-20(23-19-13-17(19)16-5-3-4-6-18(16)21)25-8-7-15(14-25)24-9-11-26-12-10-24/h3-6,15,17,19H,2,7-14H2,1H3,(H,22,23). The van der Waals surface area contributed by atoms with Crippen molar-refractivity contribution >= 4 is 5.96 Å². The molecule has 0 spiro atoms. The molecule has 1 aliphatic carbocycles. The van der Waals surface area contributed by atoms with Crippen LogP contribution in [0.25, 0.3) is 0 Å². The van der Waals surface area contributed by atoms with Gasteiger partial charge in [-0.2, -0.15) is 0 Å². The summed E-state index contributed by atoms with van der Waals surface area (Å²) in [7, 11) is 0. The van der Waals surface area contributed by atoms with Crippen LogP contribution in [-0.2, 0) is 4.74 Å². The SMILES string of the molecule is CCN=C(NC1CC1c1ccccc1F)N1CCC(N2CCOCC2)C1. The van der Waals surface area contributed by atoms with Gasteiger partial charge in [-0.3, -0.25) is 9.89 Å². The molecule has 3 fully saturated rings. The molecule has 26 heavy (non-hydrogen) atoms. The lowest BCUT2D eigenvalue weighted by molar-refractivity contribution is 0.0195. The highest BCUT2D eigenvalue weighted by Gasteiger charge is 2.41. The molecule has 5 nitrogen and oxygen atoms in total. The first-order valence-electron chi connectivity index (χ1n) is 9.88. The van der Waals surface area contributed by atoms with Gasteiger partial charge in [0.2, 0.25) is 0 Å². The third-order valence-electron chi connectivity index (χ3n) is 5.74. The van der Waals surface area contributed by atoms with E-state index in [9.17, 15) is 4.39 Å². The van der Waals surface area contributed by atoms with Crippen molar-refractivity contribution in [2.24, 2.45) is 4.99 Å². The van der Waals surface area contributed by atoms with Crippen molar-refractivity contribution in [2.45, 2.75) is 37.8 Å². The van der Waals surface area contributed by atoms with Crippen LogP contribution in [0.3, 0.4) is 0 Å². The minimum atomic E-state index is -0.0932. The predicted molar refractivity (Wildman–Crippen MR) is 101 cm³/mol. The summed E-state index contributed by atoms with van der Waals surface area (Å²) >= 11 is 0. The number of ether oxygens (including phenoxy) is 1. The summed E-state index contributed by atoms with van der Waals surface area (Å²) in [5, 5.41) is 3.60. The van der Waals surface area contributed by atoms with E-state index in [-0.39, 0.29) is 11.7 Å². The molecule has 2 aliphatic heterocycles. The minimum Gasteiger partial charge on any atom is -0.379 e. The molecule has 0 bridgehead atoms. The maximum absolute atomic E-state index is 14.0. The zero-order valence-corrected chi connectivity index (χ0v) is 15.5. The Morgan fingerprint density at radius 3 is 2.85 bits per heavy atom. The molecular formula is C20H29FN4O. The highest BCUT2D eigenvalue weighted by atomic mass is 19.1. The summed E-state index contributed by atoms with van der Waals surface area (Å²) in [5.74, 6) is 1.16. The third-order valence-corrected chi connectivity index (χ3v) is 5.74. The molecule has 2 heterocycles. The number of hydrogen-bond acceptors (Lipinski definition) is 3. The van der Waals surface area contributed by atoms with Crippen LogP contribution in [0.4, 0.5) is 4.39 Å². The Balaban J connectivity index is 1.35. The Hall–Kier alpha value is -1.66. The number of hydrogen-bond donors (Lipinski definition) is 1. The summed E-state index contributed by atoms with van der Waals surface area (Å²) < 4.78 is 19.5. The van der Waals surface area contributed by atoms with Gasteiger partial charge < -0.3 is 15.0 Å². The van der Waals surface area contributed by atoms with E-state index in [2.05, 4.69) is 22.0 Å². The monoisotopic (exact) mass is 360 g/mol. The van der Waals surface area contributed by atoms with Gasteiger partial charge in [-0.25, -0.2) is 4.39 Å². The van der Waals surface area contributed by atoms with Crippen molar-refractivity contribution in [3.05, 3.63) is 35.6 Å². The number of rotatable bonds is 4. The third kappa shape index (κ3) is 3.86. The molecular weight excluding hydrogens is 331 g/mol. The summed E-state index contributed by atoms with van der Waals surface area (Å²) in [5.41, 5.74) is 0.827. The summed E-state index contributed by atoms with van der Waals surface area (Å²) in [6.45, 7) is 8.63. The second-order valence-corrected chi connectivity index (χ2v) is 7.45. The summed E-state index contributed by atoms with van der Waals surface area (Å²) in [4.78, 5) is 9.63. The van der Waals surface area contributed by atoms with Gasteiger partial charge in [-0.15, -0.1) is 0 Å². The Morgan fingerprint density at radius 2 is 2.08 bits per heavy atom. The van der Waals surface area contributed by atoms with Gasteiger partial charge in [-0.1, -0.05) is 18.2 Å². The molecule has 142 valence electrons. The lowest BCUT2D eigenvalue weighted by atomic mass is 10.1. The van der Waals surface area contributed by atoms with Gasteiger partial charge in [0.1, 0.15) is 5.82 Å². The van der Waals surface area contributed by atoms with Crippen molar-refractivity contribution in [3.8, 4) is 0 Å². The van der Waals surface area contributed by atoms with Crippen LogP contribution >= 0.6 is 0 Å². The van der Waals surface area contributed by atoms with Crippen molar-refractivity contribution < 1.29 is 9.13 Å². The molecule has 0 radical (unpaired) electrons. The number of nitrogens with one attached hydrogen (secondary N) is 1. The molecule has 3 aliphatic rings.